The lowest BCUT2D eigenvalue weighted by Gasteiger charge is -2.10. The number of benzene rings is 2. The molecular formula is C18H19NO. The predicted octanol–water partition coefficient (Wildman–Crippen LogP) is 4.55. The second-order valence-corrected chi connectivity index (χ2v) is 5.14. The largest absolute Gasteiger partial charge is 0.496 e. The van der Waals surface area contributed by atoms with Crippen LogP contribution < -0.4 is 4.74 Å². The van der Waals surface area contributed by atoms with Gasteiger partial charge in [0.05, 0.1) is 19.6 Å². The van der Waals surface area contributed by atoms with Crippen LogP contribution in [0.5, 0.6) is 5.75 Å². The Labute approximate surface area is 120 Å². The highest BCUT2D eigenvalue weighted by atomic mass is 16.5. The molecule has 0 spiro atoms. The summed E-state index contributed by atoms with van der Waals surface area (Å²) in [7, 11) is 1.64. The zero-order valence-corrected chi connectivity index (χ0v) is 12.2. The zero-order chi connectivity index (χ0) is 14.5. The molecule has 0 aromatic heterocycles. The first-order valence-corrected chi connectivity index (χ1v) is 6.80. The van der Waals surface area contributed by atoms with Gasteiger partial charge in [-0.25, -0.2) is 0 Å². The van der Waals surface area contributed by atoms with E-state index in [-0.39, 0.29) is 0 Å². The first-order valence-electron chi connectivity index (χ1n) is 6.80. The molecule has 0 saturated heterocycles. The minimum Gasteiger partial charge on any atom is -0.496 e. The lowest BCUT2D eigenvalue weighted by molar-refractivity contribution is 0.411. The van der Waals surface area contributed by atoms with Gasteiger partial charge in [-0.05, 0) is 28.7 Å². The Morgan fingerprint density at radius 3 is 2.25 bits per heavy atom. The van der Waals surface area contributed by atoms with Gasteiger partial charge in [0.2, 0.25) is 0 Å². The molecule has 0 atom stereocenters. The smallest absolute Gasteiger partial charge is 0.123 e. The molecule has 2 heteroatoms. The molecule has 0 aliphatic heterocycles. The maximum absolute atomic E-state index is 8.80. The normalized spacial score (nSPS) is 10.3. The number of ether oxygens (including phenoxy) is 1. The van der Waals surface area contributed by atoms with E-state index in [1.165, 1.54) is 5.56 Å². The van der Waals surface area contributed by atoms with Crippen LogP contribution >= 0.6 is 0 Å². The summed E-state index contributed by atoms with van der Waals surface area (Å²) in [5, 5.41) is 8.80. The average molecular weight is 265 g/mol. The summed E-state index contributed by atoms with van der Waals surface area (Å²) in [6, 6.07) is 16.8. The number of rotatable bonds is 4. The molecule has 20 heavy (non-hydrogen) atoms. The maximum atomic E-state index is 8.80. The van der Waals surface area contributed by atoms with E-state index in [0.29, 0.717) is 12.3 Å². The molecule has 2 rings (SSSR count). The fourth-order valence-corrected chi connectivity index (χ4v) is 2.22. The molecule has 0 bridgehead atoms. The van der Waals surface area contributed by atoms with Crippen LogP contribution in [0.15, 0.2) is 42.5 Å². The van der Waals surface area contributed by atoms with E-state index in [0.717, 1.165) is 22.4 Å². The van der Waals surface area contributed by atoms with Crippen molar-refractivity contribution in [1.82, 2.24) is 0 Å². The molecule has 0 aliphatic carbocycles. The molecule has 0 N–H and O–H groups in total. The van der Waals surface area contributed by atoms with Gasteiger partial charge in [0.1, 0.15) is 5.75 Å². The van der Waals surface area contributed by atoms with E-state index in [9.17, 15) is 0 Å². The number of nitrogens with zero attached hydrogens (tertiary/aromatic N) is 1. The predicted molar refractivity (Wildman–Crippen MR) is 81.8 cm³/mol. The molecular weight excluding hydrogens is 246 g/mol. The van der Waals surface area contributed by atoms with Crippen LogP contribution in [0.4, 0.5) is 0 Å². The van der Waals surface area contributed by atoms with Crippen molar-refractivity contribution < 1.29 is 4.74 Å². The zero-order valence-electron chi connectivity index (χ0n) is 12.2. The number of hydrogen-bond acceptors (Lipinski definition) is 2. The Bertz CT molecular complexity index is 621. The van der Waals surface area contributed by atoms with Gasteiger partial charge < -0.3 is 4.74 Å². The fraction of sp³-hybridized carbons (Fsp3) is 0.278. The summed E-state index contributed by atoms with van der Waals surface area (Å²) in [6.45, 7) is 4.38. The molecule has 0 saturated carbocycles. The molecule has 2 aromatic carbocycles. The standard InChI is InChI=1S/C18H19NO/c1-13(2)14-4-6-15(7-5-14)17-9-8-16(10-11-19)18(12-17)20-3/h4-9,12-13H,10H2,1-3H3. The van der Waals surface area contributed by atoms with Gasteiger partial charge in [0.25, 0.3) is 0 Å². The summed E-state index contributed by atoms with van der Waals surface area (Å²) >= 11 is 0. The van der Waals surface area contributed by atoms with E-state index >= 15 is 0 Å². The third kappa shape index (κ3) is 3.00. The summed E-state index contributed by atoms with van der Waals surface area (Å²) in [5.74, 6) is 1.31. The van der Waals surface area contributed by atoms with Gasteiger partial charge in [-0.2, -0.15) is 5.26 Å². The Hall–Kier alpha value is -2.27. The molecule has 102 valence electrons. The van der Waals surface area contributed by atoms with Crippen molar-refractivity contribution in [3.05, 3.63) is 53.6 Å². The highest BCUT2D eigenvalue weighted by Gasteiger charge is 2.06. The number of methoxy groups -OCH3 is 1. The quantitative estimate of drug-likeness (QED) is 0.812. The Balaban J connectivity index is 2.35. The van der Waals surface area contributed by atoms with Crippen molar-refractivity contribution in [3.8, 4) is 22.9 Å². The van der Waals surface area contributed by atoms with Crippen LogP contribution in [0.1, 0.15) is 30.9 Å². The Morgan fingerprint density at radius 2 is 1.70 bits per heavy atom. The van der Waals surface area contributed by atoms with Gasteiger partial charge in [0.15, 0.2) is 0 Å². The summed E-state index contributed by atoms with van der Waals surface area (Å²) in [4.78, 5) is 0. The summed E-state index contributed by atoms with van der Waals surface area (Å²) < 4.78 is 5.37. The highest BCUT2D eigenvalue weighted by Crippen LogP contribution is 2.28. The maximum Gasteiger partial charge on any atom is 0.123 e. The fourth-order valence-electron chi connectivity index (χ4n) is 2.22. The highest BCUT2D eigenvalue weighted by molar-refractivity contribution is 5.66. The SMILES string of the molecule is COc1cc(-c2ccc(C(C)C)cc2)ccc1CC#N. The van der Waals surface area contributed by atoms with Crippen molar-refractivity contribution >= 4 is 0 Å². The molecule has 0 amide bonds. The Morgan fingerprint density at radius 1 is 1.05 bits per heavy atom. The molecule has 0 radical (unpaired) electrons. The van der Waals surface area contributed by atoms with Crippen LogP contribution in [0.25, 0.3) is 11.1 Å². The van der Waals surface area contributed by atoms with E-state index in [2.05, 4.69) is 44.2 Å². The molecule has 0 heterocycles. The summed E-state index contributed by atoms with van der Waals surface area (Å²) in [6.07, 6.45) is 0.371. The van der Waals surface area contributed by atoms with E-state index in [1.807, 2.05) is 18.2 Å². The van der Waals surface area contributed by atoms with E-state index < -0.39 is 0 Å². The van der Waals surface area contributed by atoms with Crippen molar-refractivity contribution in [2.75, 3.05) is 7.11 Å². The van der Waals surface area contributed by atoms with Crippen LogP contribution in [0.3, 0.4) is 0 Å². The number of hydrogen-bond donors (Lipinski definition) is 0. The van der Waals surface area contributed by atoms with Crippen LogP contribution in [0, 0.1) is 11.3 Å². The van der Waals surface area contributed by atoms with E-state index in [1.54, 1.807) is 7.11 Å². The number of nitriles is 1. The summed E-state index contributed by atoms with van der Waals surface area (Å²) in [5.41, 5.74) is 4.54. The van der Waals surface area contributed by atoms with Gasteiger partial charge in [-0.1, -0.05) is 50.2 Å². The third-order valence-corrected chi connectivity index (χ3v) is 3.47. The minimum atomic E-state index is 0.371. The van der Waals surface area contributed by atoms with Crippen LogP contribution in [-0.2, 0) is 6.42 Å². The molecule has 0 aliphatic rings. The Kier molecular flexibility index (Phi) is 4.42. The second-order valence-electron chi connectivity index (χ2n) is 5.14. The minimum absolute atomic E-state index is 0.371. The van der Waals surface area contributed by atoms with Crippen LogP contribution in [-0.4, -0.2) is 7.11 Å². The molecule has 2 nitrogen and oxygen atoms in total. The van der Waals surface area contributed by atoms with Gasteiger partial charge in [-0.3, -0.25) is 0 Å². The third-order valence-electron chi connectivity index (χ3n) is 3.47. The second kappa shape index (κ2) is 6.25. The monoisotopic (exact) mass is 265 g/mol. The van der Waals surface area contributed by atoms with Crippen molar-refractivity contribution in [1.29, 1.82) is 5.26 Å². The average Bonchev–Trinajstić information content (AvgIpc) is 2.48. The van der Waals surface area contributed by atoms with Gasteiger partial charge >= 0.3 is 0 Å². The van der Waals surface area contributed by atoms with Crippen molar-refractivity contribution in [2.24, 2.45) is 0 Å². The first kappa shape index (κ1) is 14.1. The van der Waals surface area contributed by atoms with Crippen LogP contribution in [0.2, 0.25) is 0 Å². The molecule has 2 aromatic rings. The van der Waals surface area contributed by atoms with E-state index in [4.69, 9.17) is 10.00 Å². The van der Waals surface area contributed by atoms with Gasteiger partial charge in [-0.15, -0.1) is 0 Å². The topological polar surface area (TPSA) is 33.0 Å². The lowest BCUT2D eigenvalue weighted by atomic mass is 9.97. The molecule has 0 fully saturated rings. The lowest BCUT2D eigenvalue weighted by Crippen LogP contribution is -1.92. The van der Waals surface area contributed by atoms with Gasteiger partial charge in [0, 0.05) is 5.56 Å². The molecule has 0 unspecified atom stereocenters. The first-order chi connectivity index (χ1) is 9.65. The van der Waals surface area contributed by atoms with Crippen molar-refractivity contribution in [2.45, 2.75) is 26.2 Å². The van der Waals surface area contributed by atoms with Crippen molar-refractivity contribution in [3.63, 3.8) is 0 Å².